The SMILES string of the molecule is C[C@H]1CCC[C@H](C)N1C(=O)COC(=O)c1cc(Cl)ccc1[N+](=O)[O-]. The molecule has 8 heteroatoms. The lowest BCUT2D eigenvalue weighted by atomic mass is 9.97. The van der Waals surface area contributed by atoms with Gasteiger partial charge in [0.25, 0.3) is 11.6 Å². The average Bonchev–Trinajstić information content (AvgIpc) is 2.52. The first-order chi connectivity index (χ1) is 11.3. The van der Waals surface area contributed by atoms with Crippen LogP contribution in [0.2, 0.25) is 5.02 Å². The minimum Gasteiger partial charge on any atom is -0.452 e. The number of carbonyl (C=O) groups is 2. The molecule has 0 N–H and O–H groups in total. The van der Waals surface area contributed by atoms with Crippen LogP contribution in [0.25, 0.3) is 0 Å². The molecule has 1 saturated heterocycles. The Balaban J connectivity index is 2.07. The molecule has 0 saturated carbocycles. The Hall–Kier alpha value is -2.15. The number of likely N-dealkylation sites (tertiary alicyclic amines) is 1. The van der Waals surface area contributed by atoms with Crippen LogP contribution < -0.4 is 0 Å². The molecule has 0 unspecified atom stereocenters. The highest BCUT2D eigenvalue weighted by Crippen LogP contribution is 2.25. The molecule has 1 aromatic rings. The van der Waals surface area contributed by atoms with Crippen LogP contribution in [0.4, 0.5) is 5.69 Å². The third-order valence-electron chi connectivity index (χ3n) is 4.18. The van der Waals surface area contributed by atoms with Crippen molar-refractivity contribution < 1.29 is 19.2 Å². The number of halogens is 1. The highest BCUT2D eigenvalue weighted by atomic mass is 35.5. The number of hydrogen-bond donors (Lipinski definition) is 0. The van der Waals surface area contributed by atoms with Crippen molar-refractivity contribution in [2.45, 2.75) is 45.2 Å². The van der Waals surface area contributed by atoms with Crippen LogP contribution >= 0.6 is 11.6 Å². The van der Waals surface area contributed by atoms with E-state index in [1.165, 1.54) is 12.1 Å². The van der Waals surface area contributed by atoms with Gasteiger partial charge < -0.3 is 9.64 Å². The first-order valence-electron chi connectivity index (χ1n) is 7.73. The Labute approximate surface area is 144 Å². The molecule has 0 aliphatic carbocycles. The van der Waals surface area contributed by atoms with Gasteiger partial charge in [-0.1, -0.05) is 11.6 Å². The molecule has 7 nitrogen and oxygen atoms in total. The van der Waals surface area contributed by atoms with Crippen LogP contribution in [0.1, 0.15) is 43.5 Å². The van der Waals surface area contributed by atoms with E-state index in [-0.39, 0.29) is 28.6 Å². The smallest absolute Gasteiger partial charge is 0.345 e. The zero-order valence-electron chi connectivity index (χ0n) is 13.5. The van der Waals surface area contributed by atoms with Crippen LogP contribution in [-0.2, 0) is 9.53 Å². The molecule has 0 radical (unpaired) electrons. The van der Waals surface area contributed by atoms with Gasteiger partial charge >= 0.3 is 5.97 Å². The van der Waals surface area contributed by atoms with Crippen LogP contribution in [0.5, 0.6) is 0 Å². The standard InChI is InChI=1S/C16H19ClN2O5/c1-10-4-3-5-11(2)18(10)15(20)9-24-16(21)13-8-12(17)6-7-14(13)19(22)23/h6-8,10-11H,3-5,9H2,1-2H3/t10-,11-/m0/s1. The molecule has 1 aliphatic rings. The van der Waals surface area contributed by atoms with Crippen molar-refractivity contribution in [1.29, 1.82) is 0 Å². The summed E-state index contributed by atoms with van der Waals surface area (Å²) in [6, 6.07) is 3.79. The highest BCUT2D eigenvalue weighted by molar-refractivity contribution is 6.31. The van der Waals surface area contributed by atoms with Crippen LogP contribution in [0, 0.1) is 10.1 Å². The molecule has 2 rings (SSSR count). The largest absolute Gasteiger partial charge is 0.452 e. The maximum Gasteiger partial charge on any atom is 0.345 e. The third-order valence-corrected chi connectivity index (χ3v) is 4.42. The van der Waals surface area contributed by atoms with Gasteiger partial charge in [-0.2, -0.15) is 0 Å². The summed E-state index contributed by atoms with van der Waals surface area (Å²) in [5.41, 5.74) is -0.670. The lowest BCUT2D eigenvalue weighted by Gasteiger charge is -2.38. The fraction of sp³-hybridized carbons (Fsp3) is 0.500. The molecule has 2 atom stereocenters. The van der Waals surface area contributed by atoms with Crippen molar-refractivity contribution in [3.05, 3.63) is 38.9 Å². The Kier molecular flexibility index (Phi) is 5.77. The van der Waals surface area contributed by atoms with E-state index in [9.17, 15) is 19.7 Å². The number of rotatable bonds is 4. The van der Waals surface area contributed by atoms with Gasteiger partial charge in [-0.05, 0) is 45.2 Å². The van der Waals surface area contributed by atoms with Crippen molar-refractivity contribution in [2.24, 2.45) is 0 Å². The number of carbonyl (C=O) groups excluding carboxylic acids is 2. The Morgan fingerprint density at radius 3 is 2.54 bits per heavy atom. The maximum absolute atomic E-state index is 12.3. The lowest BCUT2D eigenvalue weighted by Crippen LogP contribution is -2.49. The maximum atomic E-state index is 12.3. The van der Waals surface area contributed by atoms with E-state index < -0.39 is 23.2 Å². The summed E-state index contributed by atoms with van der Waals surface area (Å²) in [6.45, 7) is 3.46. The summed E-state index contributed by atoms with van der Waals surface area (Å²) in [5.74, 6) is -1.23. The lowest BCUT2D eigenvalue weighted by molar-refractivity contribution is -0.385. The van der Waals surface area contributed by atoms with Crippen molar-refractivity contribution in [1.82, 2.24) is 4.90 Å². The first kappa shape index (κ1) is 18.2. The van der Waals surface area contributed by atoms with Gasteiger partial charge in [0.2, 0.25) is 0 Å². The fourth-order valence-corrected chi connectivity index (χ4v) is 3.20. The topological polar surface area (TPSA) is 89.8 Å². The number of hydrogen-bond acceptors (Lipinski definition) is 5. The summed E-state index contributed by atoms with van der Waals surface area (Å²) in [5, 5.41) is 11.2. The molecule has 0 aromatic heterocycles. The molecule has 0 spiro atoms. The van der Waals surface area contributed by atoms with Crippen LogP contribution in [0.3, 0.4) is 0 Å². The highest BCUT2D eigenvalue weighted by Gasteiger charge is 2.30. The van der Waals surface area contributed by atoms with Gasteiger partial charge in [0.15, 0.2) is 6.61 Å². The predicted octanol–water partition coefficient (Wildman–Crippen LogP) is 3.19. The molecule has 130 valence electrons. The van der Waals surface area contributed by atoms with E-state index in [1.807, 2.05) is 13.8 Å². The van der Waals surface area contributed by atoms with Gasteiger partial charge in [0.1, 0.15) is 5.56 Å². The second kappa shape index (κ2) is 7.61. The van der Waals surface area contributed by atoms with Gasteiger partial charge in [-0.25, -0.2) is 4.79 Å². The van der Waals surface area contributed by atoms with Crippen molar-refractivity contribution >= 4 is 29.2 Å². The summed E-state index contributed by atoms with van der Waals surface area (Å²) in [6.07, 6.45) is 2.87. The number of nitro groups is 1. The van der Waals surface area contributed by atoms with Crippen LogP contribution in [-0.4, -0.2) is 40.4 Å². The van der Waals surface area contributed by atoms with Gasteiger partial charge in [-0.15, -0.1) is 0 Å². The van der Waals surface area contributed by atoms with Gasteiger partial charge in [0.05, 0.1) is 4.92 Å². The van der Waals surface area contributed by atoms with E-state index in [1.54, 1.807) is 4.90 Å². The molecule has 1 amide bonds. The molecule has 1 aromatic carbocycles. The third kappa shape index (κ3) is 4.03. The van der Waals surface area contributed by atoms with E-state index in [0.29, 0.717) is 0 Å². The molecule has 24 heavy (non-hydrogen) atoms. The number of benzene rings is 1. The van der Waals surface area contributed by atoms with E-state index in [4.69, 9.17) is 16.3 Å². The monoisotopic (exact) mass is 354 g/mol. The minimum absolute atomic E-state index is 0.0838. The van der Waals surface area contributed by atoms with E-state index >= 15 is 0 Å². The summed E-state index contributed by atoms with van der Waals surface area (Å²) in [4.78, 5) is 36.5. The van der Waals surface area contributed by atoms with Gasteiger partial charge in [-0.3, -0.25) is 14.9 Å². The van der Waals surface area contributed by atoms with Gasteiger partial charge in [0, 0.05) is 23.2 Å². The molecular formula is C16H19ClN2O5. The van der Waals surface area contributed by atoms with E-state index in [0.717, 1.165) is 25.3 Å². The number of ether oxygens (including phenoxy) is 1. The first-order valence-corrected chi connectivity index (χ1v) is 8.11. The number of nitrogens with zero attached hydrogens (tertiary/aromatic N) is 2. The van der Waals surface area contributed by atoms with Crippen molar-refractivity contribution in [3.63, 3.8) is 0 Å². The molecule has 1 fully saturated rings. The molecular weight excluding hydrogens is 336 g/mol. The number of piperidine rings is 1. The second-order valence-corrected chi connectivity index (χ2v) is 6.36. The Morgan fingerprint density at radius 1 is 1.33 bits per heavy atom. The zero-order chi connectivity index (χ0) is 17.9. The van der Waals surface area contributed by atoms with Crippen molar-refractivity contribution in [2.75, 3.05) is 6.61 Å². The fourth-order valence-electron chi connectivity index (χ4n) is 3.02. The summed E-state index contributed by atoms with van der Waals surface area (Å²) >= 11 is 5.78. The summed E-state index contributed by atoms with van der Waals surface area (Å²) < 4.78 is 4.99. The molecule has 0 bridgehead atoms. The van der Waals surface area contributed by atoms with Crippen LogP contribution in [0.15, 0.2) is 18.2 Å². The zero-order valence-corrected chi connectivity index (χ0v) is 14.3. The summed E-state index contributed by atoms with van der Waals surface area (Å²) in [7, 11) is 0. The number of nitro benzene ring substituents is 1. The Bertz CT molecular complexity index is 654. The Morgan fingerprint density at radius 2 is 1.96 bits per heavy atom. The number of amides is 1. The van der Waals surface area contributed by atoms with E-state index in [2.05, 4.69) is 0 Å². The normalized spacial score (nSPS) is 20.5. The minimum atomic E-state index is -0.935. The quantitative estimate of drug-likeness (QED) is 0.470. The molecule has 1 heterocycles. The second-order valence-electron chi connectivity index (χ2n) is 5.92. The van der Waals surface area contributed by atoms with Crippen molar-refractivity contribution in [3.8, 4) is 0 Å². The predicted molar refractivity (Wildman–Crippen MR) is 88.0 cm³/mol. The average molecular weight is 355 g/mol. The molecule has 1 aliphatic heterocycles. The number of esters is 1.